The molecule has 1 aromatic heterocycles. The molecular formula is C18H21N3O2. The number of anilines is 1. The zero-order valence-corrected chi connectivity index (χ0v) is 13.7. The number of ether oxygens (including phenoxy) is 1. The van der Waals surface area contributed by atoms with E-state index in [0.29, 0.717) is 18.8 Å². The van der Waals surface area contributed by atoms with E-state index in [1.54, 1.807) is 6.07 Å². The van der Waals surface area contributed by atoms with Gasteiger partial charge in [-0.25, -0.2) is 9.97 Å². The minimum absolute atomic E-state index is 0.0476. The average Bonchev–Trinajstić information content (AvgIpc) is 2.53. The van der Waals surface area contributed by atoms with Gasteiger partial charge in [-0.15, -0.1) is 0 Å². The van der Waals surface area contributed by atoms with Gasteiger partial charge in [0.1, 0.15) is 17.4 Å². The van der Waals surface area contributed by atoms with E-state index in [1.807, 2.05) is 45.0 Å². The Bertz CT molecular complexity index is 728. The van der Waals surface area contributed by atoms with Crippen molar-refractivity contribution < 1.29 is 9.53 Å². The van der Waals surface area contributed by atoms with E-state index in [9.17, 15) is 4.79 Å². The Labute approximate surface area is 136 Å². The molecule has 1 aliphatic heterocycles. The Hall–Kier alpha value is -2.43. The normalized spacial score (nSPS) is 16.6. The molecule has 5 nitrogen and oxygen atoms in total. The number of hydrogen-bond acceptors (Lipinski definition) is 4. The molecular weight excluding hydrogens is 290 g/mol. The highest BCUT2D eigenvalue weighted by Gasteiger charge is 2.27. The van der Waals surface area contributed by atoms with Crippen molar-refractivity contribution in [3.05, 3.63) is 47.4 Å². The third-order valence-corrected chi connectivity index (χ3v) is 3.91. The molecule has 0 bridgehead atoms. The standard InChI is InChI=1S/C18H21N3O2/c1-11(2)17-19-12(3)10-16(20-17)21-18(22)14-8-9-23-15-7-5-4-6-13(14)15/h4-7,10-11,14H,8-9H2,1-3H3,(H,19,20,21,22)/t14-/m0/s1. The summed E-state index contributed by atoms with van der Waals surface area (Å²) in [5, 5.41) is 2.94. The molecule has 1 atom stereocenters. The highest BCUT2D eigenvalue weighted by Crippen LogP contribution is 2.34. The number of carbonyl (C=O) groups excluding carboxylic acids is 1. The number of aryl methyl sites for hydroxylation is 1. The van der Waals surface area contributed by atoms with E-state index in [4.69, 9.17) is 4.74 Å². The molecule has 2 heterocycles. The minimum atomic E-state index is -0.210. The molecule has 0 saturated carbocycles. The van der Waals surface area contributed by atoms with Crippen LogP contribution in [0.15, 0.2) is 30.3 Å². The van der Waals surface area contributed by atoms with Crippen molar-refractivity contribution in [2.45, 2.75) is 39.0 Å². The zero-order valence-electron chi connectivity index (χ0n) is 13.7. The second kappa shape index (κ2) is 6.36. The number of para-hydroxylation sites is 1. The monoisotopic (exact) mass is 311 g/mol. The third kappa shape index (κ3) is 3.33. The third-order valence-electron chi connectivity index (χ3n) is 3.91. The summed E-state index contributed by atoms with van der Waals surface area (Å²) in [4.78, 5) is 21.6. The van der Waals surface area contributed by atoms with Crippen molar-refractivity contribution in [1.82, 2.24) is 9.97 Å². The SMILES string of the molecule is Cc1cc(NC(=O)[C@H]2CCOc3ccccc32)nc(C(C)C)n1. The highest BCUT2D eigenvalue weighted by atomic mass is 16.5. The van der Waals surface area contributed by atoms with Crippen LogP contribution in [-0.2, 0) is 4.79 Å². The van der Waals surface area contributed by atoms with Gasteiger partial charge in [-0.1, -0.05) is 32.0 Å². The molecule has 23 heavy (non-hydrogen) atoms. The maximum Gasteiger partial charge on any atom is 0.233 e. The zero-order chi connectivity index (χ0) is 16.4. The van der Waals surface area contributed by atoms with Crippen LogP contribution in [-0.4, -0.2) is 22.5 Å². The van der Waals surface area contributed by atoms with Crippen LogP contribution in [0.1, 0.15) is 49.2 Å². The molecule has 5 heteroatoms. The summed E-state index contributed by atoms with van der Waals surface area (Å²) in [6.45, 7) is 6.53. The molecule has 0 saturated heterocycles. The molecule has 1 N–H and O–H groups in total. The number of nitrogens with zero attached hydrogens (tertiary/aromatic N) is 2. The quantitative estimate of drug-likeness (QED) is 0.943. The summed E-state index contributed by atoms with van der Waals surface area (Å²) in [5.41, 5.74) is 1.79. The van der Waals surface area contributed by atoms with E-state index in [2.05, 4.69) is 15.3 Å². The van der Waals surface area contributed by atoms with E-state index >= 15 is 0 Å². The fourth-order valence-electron chi connectivity index (χ4n) is 2.74. The van der Waals surface area contributed by atoms with Crippen LogP contribution in [0, 0.1) is 6.92 Å². The number of benzene rings is 1. The van der Waals surface area contributed by atoms with Gasteiger partial charge in [0.25, 0.3) is 0 Å². The lowest BCUT2D eigenvalue weighted by atomic mass is 9.92. The van der Waals surface area contributed by atoms with Crippen LogP contribution in [0.25, 0.3) is 0 Å². The van der Waals surface area contributed by atoms with Gasteiger partial charge in [0.2, 0.25) is 5.91 Å². The number of nitrogens with one attached hydrogen (secondary N) is 1. The van der Waals surface area contributed by atoms with Gasteiger partial charge < -0.3 is 10.1 Å². The average molecular weight is 311 g/mol. The van der Waals surface area contributed by atoms with E-state index < -0.39 is 0 Å². The van der Waals surface area contributed by atoms with Crippen LogP contribution in [0.3, 0.4) is 0 Å². The number of carbonyl (C=O) groups is 1. The number of fused-ring (bicyclic) bond motifs is 1. The topological polar surface area (TPSA) is 64.1 Å². The molecule has 3 rings (SSSR count). The van der Waals surface area contributed by atoms with E-state index in [-0.39, 0.29) is 17.7 Å². The van der Waals surface area contributed by atoms with Crippen LogP contribution in [0.2, 0.25) is 0 Å². The van der Waals surface area contributed by atoms with Gasteiger partial charge in [-0.2, -0.15) is 0 Å². The largest absolute Gasteiger partial charge is 0.493 e. The lowest BCUT2D eigenvalue weighted by molar-refractivity contribution is -0.118. The molecule has 1 aliphatic rings. The smallest absolute Gasteiger partial charge is 0.233 e. The Kier molecular flexibility index (Phi) is 4.28. The molecule has 0 radical (unpaired) electrons. The van der Waals surface area contributed by atoms with Crippen LogP contribution < -0.4 is 10.1 Å². The number of rotatable bonds is 3. The summed E-state index contributed by atoms with van der Waals surface area (Å²) >= 11 is 0. The second-order valence-corrected chi connectivity index (χ2v) is 6.12. The second-order valence-electron chi connectivity index (χ2n) is 6.12. The summed E-state index contributed by atoms with van der Waals surface area (Å²) in [7, 11) is 0. The fraction of sp³-hybridized carbons (Fsp3) is 0.389. The molecule has 1 aromatic carbocycles. The number of aromatic nitrogens is 2. The molecule has 1 amide bonds. The molecule has 0 aliphatic carbocycles. The first kappa shape index (κ1) is 15.5. The lowest BCUT2D eigenvalue weighted by Crippen LogP contribution is -2.27. The van der Waals surface area contributed by atoms with Crippen molar-refractivity contribution in [3.63, 3.8) is 0 Å². The number of amides is 1. The van der Waals surface area contributed by atoms with Crippen LogP contribution >= 0.6 is 0 Å². The van der Waals surface area contributed by atoms with Crippen molar-refractivity contribution in [1.29, 1.82) is 0 Å². The predicted molar refractivity (Wildman–Crippen MR) is 88.8 cm³/mol. The molecule has 0 spiro atoms. The van der Waals surface area contributed by atoms with Crippen molar-refractivity contribution in [3.8, 4) is 5.75 Å². The summed E-state index contributed by atoms with van der Waals surface area (Å²) in [6, 6.07) is 9.50. The highest BCUT2D eigenvalue weighted by molar-refractivity contribution is 5.95. The molecule has 2 aromatic rings. The van der Waals surface area contributed by atoms with Crippen molar-refractivity contribution in [2.24, 2.45) is 0 Å². The van der Waals surface area contributed by atoms with Gasteiger partial charge in [0, 0.05) is 23.2 Å². The first-order chi connectivity index (χ1) is 11.0. The van der Waals surface area contributed by atoms with Crippen molar-refractivity contribution in [2.75, 3.05) is 11.9 Å². The Morgan fingerprint density at radius 3 is 2.87 bits per heavy atom. The molecule has 120 valence electrons. The van der Waals surface area contributed by atoms with Crippen molar-refractivity contribution >= 4 is 11.7 Å². The Morgan fingerprint density at radius 1 is 1.30 bits per heavy atom. The molecule has 0 unspecified atom stereocenters. The van der Waals surface area contributed by atoms with E-state index in [1.165, 1.54) is 0 Å². The van der Waals surface area contributed by atoms with Crippen LogP contribution in [0.5, 0.6) is 5.75 Å². The van der Waals surface area contributed by atoms with Gasteiger partial charge in [0.05, 0.1) is 12.5 Å². The first-order valence-electron chi connectivity index (χ1n) is 7.93. The van der Waals surface area contributed by atoms with Gasteiger partial charge in [-0.05, 0) is 19.4 Å². The summed E-state index contributed by atoms with van der Waals surface area (Å²) in [5.74, 6) is 2.06. The minimum Gasteiger partial charge on any atom is -0.493 e. The Balaban J connectivity index is 1.83. The first-order valence-corrected chi connectivity index (χ1v) is 7.93. The van der Waals surface area contributed by atoms with Gasteiger partial charge >= 0.3 is 0 Å². The summed E-state index contributed by atoms with van der Waals surface area (Å²) < 4.78 is 5.62. The predicted octanol–water partition coefficient (Wildman–Crippen LogP) is 3.41. The molecule has 0 fully saturated rings. The maximum absolute atomic E-state index is 12.7. The van der Waals surface area contributed by atoms with Gasteiger partial charge in [0.15, 0.2) is 0 Å². The Morgan fingerprint density at radius 2 is 2.09 bits per heavy atom. The van der Waals surface area contributed by atoms with Crippen LogP contribution in [0.4, 0.5) is 5.82 Å². The summed E-state index contributed by atoms with van der Waals surface area (Å²) in [6.07, 6.45) is 0.671. The van der Waals surface area contributed by atoms with E-state index in [0.717, 1.165) is 22.8 Å². The fourth-order valence-corrected chi connectivity index (χ4v) is 2.74. The maximum atomic E-state index is 12.7. The number of hydrogen-bond donors (Lipinski definition) is 1. The lowest BCUT2D eigenvalue weighted by Gasteiger charge is -2.25. The van der Waals surface area contributed by atoms with Gasteiger partial charge in [-0.3, -0.25) is 4.79 Å².